The summed E-state index contributed by atoms with van der Waals surface area (Å²) in [6.07, 6.45) is 0. The van der Waals surface area contributed by atoms with Gasteiger partial charge in [-0.05, 0) is 23.8 Å². The summed E-state index contributed by atoms with van der Waals surface area (Å²) >= 11 is 8.00. The molecule has 94 valence electrons. The molecule has 18 heavy (non-hydrogen) atoms. The number of thioether (sulfide) groups is 1. The number of anilines is 1. The van der Waals surface area contributed by atoms with E-state index in [2.05, 4.69) is 23.5 Å². The molecule has 1 N–H and O–H groups in total. The summed E-state index contributed by atoms with van der Waals surface area (Å²) in [6, 6.07) is 18.3. The maximum absolute atomic E-state index is 6.10. The van der Waals surface area contributed by atoms with Gasteiger partial charge in [-0.25, -0.2) is 0 Å². The Morgan fingerprint density at radius 1 is 0.944 bits per heavy atom. The van der Waals surface area contributed by atoms with E-state index in [0.29, 0.717) is 0 Å². The van der Waals surface area contributed by atoms with E-state index in [9.17, 15) is 0 Å². The first-order chi connectivity index (χ1) is 8.86. The Morgan fingerprint density at radius 2 is 1.67 bits per heavy atom. The van der Waals surface area contributed by atoms with Gasteiger partial charge in [0.05, 0.1) is 0 Å². The van der Waals surface area contributed by atoms with Crippen molar-refractivity contribution in [3.63, 3.8) is 0 Å². The number of nitrogens with one attached hydrogen (secondary N) is 1. The van der Waals surface area contributed by atoms with E-state index in [1.165, 1.54) is 11.3 Å². The molecule has 0 heterocycles. The molecule has 0 aliphatic heterocycles. The number of para-hydroxylation sites is 1. The van der Waals surface area contributed by atoms with Crippen LogP contribution in [0.2, 0.25) is 5.02 Å². The van der Waals surface area contributed by atoms with Gasteiger partial charge in [0.1, 0.15) is 0 Å². The van der Waals surface area contributed by atoms with Crippen LogP contribution >= 0.6 is 23.4 Å². The molecule has 0 atom stereocenters. The lowest BCUT2D eigenvalue weighted by Gasteiger charge is -2.06. The number of halogens is 1. The van der Waals surface area contributed by atoms with Crippen LogP contribution in [0.4, 0.5) is 5.69 Å². The lowest BCUT2D eigenvalue weighted by atomic mass is 10.2. The van der Waals surface area contributed by atoms with Gasteiger partial charge < -0.3 is 5.32 Å². The van der Waals surface area contributed by atoms with E-state index in [-0.39, 0.29) is 0 Å². The second-order valence-corrected chi connectivity index (χ2v) is 5.45. The molecular formula is C15H16ClNS. The second-order valence-electron chi connectivity index (χ2n) is 3.94. The summed E-state index contributed by atoms with van der Waals surface area (Å²) < 4.78 is 0. The standard InChI is InChI=1S/C15H16ClNS/c16-15-9-5-4-6-13(15)12-18-11-10-17-14-7-2-1-3-8-14/h1-9,17H,10-12H2. The SMILES string of the molecule is Clc1ccccc1CSCCNc1ccccc1. The van der Waals surface area contributed by atoms with Crippen molar-refractivity contribution in [2.45, 2.75) is 5.75 Å². The molecule has 0 saturated heterocycles. The van der Waals surface area contributed by atoms with E-state index in [0.717, 1.165) is 23.1 Å². The second kappa shape index (κ2) is 7.34. The third-order valence-corrected chi connectivity index (χ3v) is 3.94. The molecule has 2 rings (SSSR count). The molecule has 0 fully saturated rings. The van der Waals surface area contributed by atoms with Gasteiger partial charge in [0.2, 0.25) is 0 Å². The van der Waals surface area contributed by atoms with Crippen LogP contribution in [0.5, 0.6) is 0 Å². The maximum atomic E-state index is 6.10. The Balaban J connectivity index is 1.66. The topological polar surface area (TPSA) is 12.0 Å². The fraction of sp³-hybridized carbons (Fsp3) is 0.200. The Morgan fingerprint density at radius 3 is 2.44 bits per heavy atom. The first-order valence-electron chi connectivity index (χ1n) is 5.96. The van der Waals surface area contributed by atoms with Crippen molar-refractivity contribution in [2.24, 2.45) is 0 Å². The van der Waals surface area contributed by atoms with Crippen molar-refractivity contribution < 1.29 is 0 Å². The van der Waals surface area contributed by atoms with Crippen LogP contribution in [0.3, 0.4) is 0 Å². The molecule has 0 bridgehead atoms. The monoisotopic (exact) mass is 277 g/mol. The minimum Gasteiger partial charge on any atom is -0.384 e. The summed E-state index contributed by atoms with van der Waals surface area (Å²) in [5, 5.41) is 4.25. The minimum atomic E-state index is 0.862. The number of rotatable bonds is 6. The molecule has 0 aliphatic rings. The van der Waals surface area contributed by atoms with Gasteiger partial charge in [-0.3, -0.25) is 0 Å². The highest BCUT2D eigenvalue weighted by atomic mass is 35.5. The van der Waals surface area contributed by atoms with Crippen molar-refractivity contribution in [1.82, 2.24) is 0 Å². The fourth-order valence-electron chi connectivity index (χ4n) is 1.62. The normalized spacial score (nSPS) is 10.3. The van der Waals surface area contributed by atoms with Crippen molar-refractivity contribution in [3.05, 3.63) is 65.2 Å². The minimum absolute atomic E-state index is 0.862. The lowest BCUT2D eigenvalue weighted by molar-refractivity contribution is 1.22. The maximum Gasteiger partial charge on any atom is 0.0446 e. The Bertz CT molecular complexity index is 473. The molecule has 0 radical (unpaired) electrons. The van der Waals surface area contributed by atoms with Crippen LogP contribution in [0.15, 0.2) is 54.6 Å². The zero-order chi connectivity index (χ0) is 12.6. The number of hydrogen-bond acceptors (Lipinski definition) is 2. The van der Waals surface area contributed by atoms with Gasteiger partial charge in [0.25, 0.3) is 0 Å². The smallest absolute Gasteiger partial charge is 0.0446 e. The van der Waals surface area contributed by atoms with E-state index >= 15 is 0 Å². The van der Waals surface area contributed by atoms with Crippen LogP contribution < -0.4 is 5.32 Å². The molecule has 0 aliphatic carbocycles. The van der Waals surface area contributed by atoms with Crippen molar-refractivity contribution in [3.8, 4) is 0 Å². The third-order valence-electron chi connectivity index (χ3n) is 2.56. The molecule has 2 aromatic carbocycles. The quantitative estimate of drug-likeness (QED) is 0.769. The zero-order valence-corrected chi connectivity index (χ0v) is 11.7. The van der Waals surface area contributed by atoms with E-state index in [1.54, 1.807) is 0 Å². The molecule has 3 heteroatoms. The average Bonchev–Trinajstić information content (AvgIpc) is 2.42. The highest BCUT2D eigenvalue weighted by Gasteiger charge is 1.98. The molecule has 1 nitrogen and oxygen atoms in total. The molecule has 2 aromatic rings. The Hall–Kier alpha value is -1.12. The Kier molecular flexibility index (Phi) is 5.43. The van der Waals surface area contributed by atoms with Crippen molar-refractivity contribution >= 4 is 29.1 Å². The fourth-order valence-corrected chi connectivity index (χ4v) is 2.77. The summed E-state index contributed by atoms with van der Waals surface area (Å²) in [5.74, 6) is 2.04. The summed E-state index contributed by atoms with van der Waals surface area (Å²) in [7, 11) is 0. The van der Waals surface area contributed by atoms with Gasteiger partial charge in [-0.1, -0.05) is 48.0 Å². The predicted molar refractivity (Wildman–Crippen MR) is 82.5 cm³/mol. The zero-order valence-electron chi connectivity index (χ0n) is 10.1. The highest BCUT2D eigenvalue weighted by Crippen LogP contribution is 2.20. The molecular weight excluding hydrogens is 262 g/mol. The molecule has 0 saturated carbocycles. The van der Waals surface area contributed by atoms with Crippen LogP contribution in [0, 0.1) is 0 Å². The van der Waals surface area contributed by atoms with Gasteiger partial charge in [-0.2, -0.15) is 11.8 Å². The number of benzene rings is 2. The van der Waals surface area contributed by atoms with Crippen LogP contribution in [0.1, 0.15) is 5.56 Å². The van der Waals surface area contributed by atoms with Crippen molar-refractivity contribution in [1.29, 1.82) is 0 Å². The van der Waals surface area contributed by atoms with Crippen LogP contribution in [-0.4, -0.2) is 12.3 Å². The average molecular weight is 278 g/mol. The van der Waals surface area contributed by atoms with Crippen LogP contribution in [-0.2, 0) is 5.75 Å². The summed E-state index contributed by atoms with van der Waals surface area (Å²) in [5.41, 5.74) is 2.39. The first-order valence-corrected chi connectivity index (χ1v) is 7.49. The lowest BCUT2D eigenvalue weighted by Crippen LogP contribution is -2.03. The first kappa shape index (κ1) is 13.3. The molecule has 0 unspecified atom stereocenters. The van der Waals surface area contributed by atoms with E-state index in [4.69, 9.17) is 11.6 Å². The molecule has 0 spiro atoms. The van der Waals surface area contributed by atoms with Crippen LogP contribution in [0.25, 0.3) is 0 Å². The predicted octanol–water partition coefficient (Wildman–Crippen LogP) is 4.69. The summed E-state index contributed by atoms with van der Waals surface area (Å²) in [4.78, 5) is 0. The Labute approximate surface area is 118 Å². The van der Waals surface area contributed by atoms with Crippen molar-refractivity contribution in [2.75, 3.05) is 17.6 Å². The third kappa shape index (κ3) is 4.28. The highest BCUT2D eigenvalue weighted by molar-refractivity contribution is 7.98. The van der Waals surface area contributed by atoms with Gasteiger partial charge in [-0.15, -0.1) is 0 Å². The molecule has 0 aromatic heterocycles. The summed E-state index contributed by atoms with van der Waals surface area (Å²) in [6.45, 7) is 0.971. The van der Waals surface area contributed by atoms with Gasteiger partial charge >= 0.3 is 0 Å². The molecule has 0 amide bonds. The van der Waals surface area contributed by atoms with Gasteiger partial charge in [0, 0.05) is 28.8 Å². The van der Waals surface area contributed by atoms with E-state index in [1.807, 2.05) is 48.2 Å². The van der Waals surface area contributed by atoms with Gasteiger partial charge in [0.15, 0.2) is 0 Å². The number of hydrogen-bond donors (Lipinski definition) is 1. The van der Waals surface area contributed by atoms with E-state index < -0.39 is 0 Å². The largest absolute Gasteiger partial charge is 0.384 e.